The molecule has 6 N–H and O–H groups in total. The van der Waals surface area contributed by atoms with Crippen molar-refractivity contribution >= 4 is 28.9 Å². The van der Waals surface area contributed by atoms with Crippen LogP contribution < -0.4 is 10.6 Å². The highest BCUT2D eigenvalue weighted by molar-refractivity contribution is 6.24. The van der Waals surface area contributed by atoms with Crippen LogP contribution in [0.3, 0.4) is 0 Å². The molecule has 5 rings (SSSR count). The third-order valence-electron chi connectivity index (χ3n) is 9.53. The molecule has 1 aromatic rings. The Hall–Kier alpha value is -3.41. The highest BCUT2D eigenvalue weighted by Crippen LogP contribution is 2.54. The van der Waals surface area contributed by atoms with Crippen LogP contribution in [-0.2, 0) is 27.3 Å². The molecule has 0 unspecified atom stereocenters. The van der Waals surface area contributed by atoms with Gasteiger partial charge in [-0.1, -0.05) is 6.42 Å². The lowest BCUT2D eigenvalue weighted by atomic mass is 9.57. The number of Topliss-reactive ketones (excluding diaryl/α,β-unsaturated/α-hetero) is 2. The minimum absolute atomic E-state index is 0.0623. The van der Waals surface area contributed by atoms with Crippen LogP contribution in [-0.4, -0.2) is 100 Å². The zero-order chi connectivity index (χ0) is 30.1. The standard InChI is InChI=1S/C30H40N4O7/c1-14-8-6-7-9-34(14)13-16-12-19(35)21-17(23(16)32(2)3)10-15-11-18-24(33(4)5)26(37)22(29(31)40)28(39)30(18,41)27(38)20(15)25(21)36/h12,14-15,18,24,35-36,39,41H,6-11,13H2,1-5H3,(H2,31,40)/t14-,15-,18-,24-,30-/m0/s1. The van der Waals surface area contributed by atoms with Crippen LogP contribution in [0.4, 0.5) is 5.69 Å². The molecule has 0 bridgehead atoms. The number of fused-ring (bicyclic) bond motifs is 3. The first-order valence-electron chi connectivity index (χ1n) is 14.2. The van der Waals surface area contributed by atoms with Crippen LogP contribution in [0.1, 0.15) is 49.3 Å². The molecule has 11 heteroatoms. The Kier molecular flexibility index (Phi) is 7.20. The summed E-state index contributed by atoms with van der Waals surface area (Å²) in [5.41, 5.74) is 4.33. The fraction of sp³-hybridized carbons (Fsp3) is 0.567. The minimum atomic E-state index is -2.64. The first-order chi connectivity index (χ1) is 19.2. The van der Waals surface area contributed by atoms with Crippen LogP contribution in [0.5, 0.6) is 5.75 Å². The van der Waals surface area contributed by atoms with E-state index in [1.54, 1.807) is 20.2 Å². The second kappa shape index (κ2) is 10.1. The quantitative estimate of drug-likeness (QED) is 0.328. The second-order valence-corrected chi connectivity index (χ2v) is 12.4. The SMILES string of the molecule is C[C@H]1CCCCN1Cc1cc(O)c2c(c1N(C)C)C[C@H]1C[C@H]3[C@H](N(C)C)C(=O)C(C(N)=O)=C(O)[C@@]3(O)C(=O)C1=C2O. The van der Waals surface area contributed by atoms with Gasteiger partial charge in [0.2, 0.25) is 5.78 Å². The van der Waals surface area contributed by atoms with Gasteiger partial charge >= 0.3 is 0 Å². The average Bonchev–Trinajstić information content (AvgIpc) is 2.86. The van der Waals surface area contributed by atoms with E-state index in [9.17, 15) is 34.8 Å². The van der Waals surface area contributed by atoms with Crippen molar-refractivity contribution in [3.63, 3.8) is 0 Å². The number of piperidine rings is 1. The van der Waals surface area contributed by atoms with Gasteiger partial charge in [-0.25, -0.2) is 0 Å². The number of amides is 1. The minimum Gasteiger partial charge on any atom is -0.508 e. The van der Waals surface area contributed by atoms with Crippen LogP contribution in [0.15, 0.2) is 23.0 Å². The number of carbonyl (C=O) groups excluding carboxylic acids is 3. The maximum absolute atomic E-state index is 14.0. The van der Waals surface area contributed by atoms with Crippen molar-refractivity contribution in [1.82, 2.24) is 9.80 Å². The normalized spacial score (nSPS) is 30.3. The molecule has 1 saturated carbocycles. The van der Waals surface area contributed by atoms with Crippen molar-refractivity contribution in [2.45, 2.75) is 63.3 Å². The topological polar surface area (TPSA) is 168 Å². The summed E-state index contributed by atoms with van der Waals surface area (Å²) < 4.78 is 0. The number of hydrogen-bond acceptors (Lipinski definition) is 10. The van der Waals surface area contributed by atoms with Crippen molar-refractivity contribution in [1.29, 1.82) is 0 Å². The van der Waals surface area contributed by atoms with E-state index >= 15 is 0 Å². The molecule has 3 aliphatic carbocycles. The Labute approximate surface area is 239 Å². The predicted molar refractivity (Wildman–Crippen MR) is 152 cm³/mol. The van der Waals surface area contributed by atoms with Crippen LogP contribution in [0.2, 0.25) is 0 Å². The smallest absolute Gasteiger partial charge is 0.255 e. The maximum atomic E-state index is 14.0. The van der Waals surface area contributed by atoms with Crippen molar-refractivity contribution in [3.8, 4) is 5.75 Å². The Bertz CT molecular complexity index is 1400. The summed E-state index contributed by atoms with van der Waals surface area (Å²) in [6.45, 7) is 3.76. The molecular weight excluding hydrogens is 528 g/mol. The van der Waals surface area contributed by atoms with Crippen LogP contribution in [0.25, 0.3) is 5.76 Å². The first kappa shape index (κ1) is 29.1. The summed E-state index contributed by atoms with van der Waals surface area (Å²) in [5.74, 6) is -6.47. The Morgan fingerprint density at radius 3 is 2.41 bits per heavy atom. The number of anilines is 1. The molecule has 4 aliphatic rings. The summed E-state index contributed by atoms with van der Waals surface area (Å²) in [7, 11) is 6.97. The largest absolute Gasteiger partial charge is 0.508 e. The number of rotatable bonds is 5. The van der Waals surface area contributed by atoms with E-state index in [0.717, 1.165) is 30.6 Å². The summed E-state index contributed by atoms with van der Waals surface area (Å²) in [6.07, 6.45) is 3.71. The summed E-state index contributed by atoms with van der Waals surface area (Å²) in [4.78, 5) is 45.3. The van der Waals surface area contributed by atoms with Gasteiger partial charge in [-0.05, 0) is 76.4 Å². The zero-order valence-corrected chi connectivity index (χ0v) is 24.3. The number of nitrogens with two attached hydrogens (primary N) is 1. The highest BCUT2D eigenvalue weighted by Gasteiger charge is 2.64. The number of nitrogens with zero attached hydrogens (tertiary/aromatic N) is 3. The molecule has 2 fully saturated rings. The summed E-state index contributed by atoms with van der Waals surface area (Å²) in [6, 6.07) is 0.908. The van der Waals surface area contributed by atoms with E-state index in [0.29, 0.717) is 18.2 Å². The molecular formula is C30H40N4O7. The Morgan fingerprint density at radius 2 is 1.83 bits per heavy atom. The summed E-state index contributed by atoms with van der Waals surface area (Å²) >= 11 is 0. The fourth-order valence-corrected chi connectivity index (χ4v) is 7.66. The molecule has 41 heavy (non-hydrogen) atoms. The van der Waals surface area contributed by atoms with Crippen LogP contribution >= 0.6 is 0 Å². The number of hydrogen-bond donors (Lipinski definition) is 5. The number of phenolic OH excluding ortho intramolecular Hbond substituents is 1. The maximum Gasteiger partial charge on any atom is 0.255 e. The third kappa shape index (κ3) is 4.24. The van der Waals surface area contributed by atoms with Gasteiger partial charge in [0.1, 0.15) is 22.8 Å². The number of ketones is 2. The van der Waals surface area contributed by atoms with E-state index in [2.05, 4.69) is 11.8 Å². The second-order valence-electron chi connectivity index (χ2n) is 12.4. The van der Waals surface area contributed by atoms with Crippen molar-refractivity contribution in [2.24, 2.45) is 17.6 Å². The Balaban J connectivity index is 1.68. The van der Waals surface area contributed by atoms with Gasteiger partial charge in [-0.15, -0.1) is 0 Å². The molecule has 1 amide bonds. The molecule has 1 aliphatic heterocycles. The molecule has 5 atom stereocenters. The van der Waals surface area contributed by atoms with Crippen LogP contribution in [0, 0.1) is 11.8 Å². The number of aliphatic hydroxyl groups excluding tert-OH is 2. The van der Waals surface area contributed by atoms with Gasteiger partial charge in [0.05, 0.1) is 11.6 Å². The molecule has 1 aromatic carbocycles. The number of aliphatic hydroxyl groups is 3. The number of likely N-dealkylation sites (N-methyl/N-ethyl adjacent to an activating group) is 1. The monoisotopic (exact) mass is 568 g/mol. The molecule has 0 spiro atoms. The first-order valence-corrected chi connectivity index (χ1v) is 14.2. The van der Waals surface area contributed by atoms with E-state index in [1.165, 1.54) is 11.3 Å². The molecule has 0 aromatic heterocycles. The lowest BCUT2D eigenvalue weighted by Gasteiger charge is -2.50. The van der Waals surface area contributed by atoms with Crippen molar-refractivity contribution < 1.29 is 34.8 Å². The number of primary amides is 1. The number of likely N-dealkylation sites (tertiary alicyclic amines) is 1. The molecule has 1 heterocycles. The lowest BCUT2D eigenvalue weighted by molar-refractivity contribution is -0.153. The van der Waals surface area contributed by atoms with E-state index < -0.39 is 58.0 Å². The molecule has 222 valence electrons. The van der Waals surface area contributed by atoms with Gasteiger partial charge < -0.3 is 31.1 Å². The number of aromatic hydroxyl groups is 1. The van der Waals surface area contributed by atoms with Crippen molar-refractivity contribution in [3.05, 3.63) is 39.7 Å². The molecule has 0 radical (unpaired) electrons. The van der Waals surface area contributed by atoms with E-state index in [-0.39, 0.29) is 29.7 Å². The average molecular weight is 569 g/mol. The van der Waals surface area contributed by atoms with Gasteiger partial charge in [0.25, 0.3) is 5.91 Å². The lowest BCUT2D eigenvalue weighted by Crippen LogP contribution is -2.65. The van der Waals surface area contributed by atoms with Gasteiger partial charge in [-0.2, -0.15) is 0 Å². The Morgan fingerprint density at radius 1 is 1.15 bits per heavy atom. The van der Waals surface area contributed by atoms with Gasteiger partial charge in [0, 0.05) is 43.9 Å². The highest BCUT2D eigenvalue weighted by atomic mass is 16.3. The molecule has 1 saturated heterocycles. The third-order valence-corrected chi connectivity index (χ3v) is 9.53. The molecule has 11 nitrogen and oxygen atoms in total. The fourth-order valence-electron chi connectivity index (χ4n) is 7.66. The van der Waals surface area contributed by atoms with E-state index in [4.69, 9.17) is 5.73 Å². The number of phenols is 1. The van der Waals surface area contributed by atoms with Gasteiger partial charge in [-0.3, -0.25) is 24.2 Å². The number of carbonyl (C=O) groups is 3. The zero-order valence-electron chi connectivity index (χ0n) is 24.3. The number of benzene rings is 1. The van der Waals surface area contributed by atoms with Crippen molar-refractivity contribution in [2.75, 3.05) is 39.6 Å². The summed E-state index contributed by atoms with van der Waals surface area (Å²) in [5, 5.41) is 45.6. The predicted octanol–water partition coefficient (Wildman–Crippen LogP) is 1.40. The van der Waals surface area contributed by atoms with Gasteiger partial charge in [0.15, 0.2) is 11.4 Å². The van der Waals surface area contributed by atoms with E-state index in [1.807, 2.05) is 19.0 Å².